The number of nitrogens with zero attached hydrogens (tertiary/aromatic N) is 2. The number of benzene rings is 2. The second-order valence-corrected chi connectivity index (χ2v) is 6.73. The third-order valence-corrected chi connectivity index (χ3v) is 4.34. The van der Waals surface area contributed by atoms with E-state index >= 15 is 0 Å². The average Bonchev–Trinajstić information content (AvgIpc) is 3.19. The first kappa shape index (κ1) is 18.7. The van der Waals surface area contributed by atoms with Crippen molar-refractivity contribution in [3.05, 3.63) is 84.2 Å². The van der Waals surface area contributed by atoms with E-state index in [0.29, 0.717) is 30.2 Å². The van der Waals surface area contributed by atoms with Crippen LogP contribution in [0.15, 0.2) is 78.1 Å². The fourth-order valence-corrected chi connectivity index (χ4v) is 2.94. The quantitative estimate of drug-likeness (QED) is 0.603. The number of hydrogen-bond acceptors (Lipinski definition) is 6. The van der Waals surface area contributed by atoms with Gasteiger partial charge >= 0.3 is 0 Å². The average molecular weight is 388 g/mol. The Bertz CT molecular complexity index is 999. The molecule has 0 amide bonds. The lowest BCUT2D eigenvalue weighted by Crippen LogP contribution is -2.08. The van der Waals surface area contributed by atoms with E-state index in [2.05, 4.69) is 10.1 Å². The van der Waals surface area contributed by atoms with Crippen molar-refractivity contribution in [1.82, 2.24) is 4.98 Å². The highest BCUT2D eigenvalue weighted by molar-refractivity contribution is 5.80. The van der Waals surface area contributed by atoms with Crippen LogP contribution in [0.2, 0.25) is 0 Å². The predicted molar refractivity (Wildman–Crippen MR) is 108 cm³/mol. The van der Waals surface area contributed by atoms with Gasteiger partial charge in [-0.1, -0.05) is 35.5 Å². The van der Waals surface area contributed by atoms with Gasteiger partial charge in [0.25, 0.3) is 0 Å². The molecule has 0 saturated heterocycles. The zero-order valence-electron chi connectivity index (χ0n) is 15.9. The number of Topliss-reactive ketones (excluding diaryl/α,β-unsaturated/α-hetero) is 1. The number of ketones is 1. The molecule has 6 heteroatoms. The Morgan fingerprint density at radius 2 is 1.69 bits per heavy atom. The monoisotopic (exact) mass is 388 g/mol. The Balaban J connectivity index is 1.32. The van der Waals surface area contributed by atoms with Gasteiger partial charge < -0.3 is 14.3 Å². The summed E-state index contributed by atoms with van der Waals surface area (Å²) in [5, 5.41) is 4.03. The van der Waals surface area contributed by atoms with Crippen molar-refractivity contribution in [2.24, 2.45) is 5.16 Å². The Morgan fingerprint density at radius 3 is 2.38 bits per heavy atom. The molecule has 1 aromatic heterocycles. The van der Waals surface area contributed by atoms with E-state index in [1.54, 1.807) is 18.3 Å². The van der Waals surface area contributed by atoms with Crippen LogP contribution in [0.1, 0.15) is 30.7 Å². The van der Waals surface area contributed by atoms with Crippen molar-refractivity contribution in [1.29, 1.82) is 0 Å². The number of carbonyl (C=O) groups is 1. The van der Waals surface area contributed by atoms with Crippen LogP contribution in [0, 0.1) is 0 Å². The minimum atomic E-state index is -0.208. The number of ether oxygens (including phenoxy) is 2. The number of oxime groups is 1. The molecular weight excluding hydrogens is 368 g/mol. The molecule has 4 rings (SSSR count). The first-order chi connectivity index (χ1) is 14.2. The van der Waals surface area contributed by atoms with Gasteiger partial charge in [0.05, 0.1) is 12.6 Å². The van der Waals surface area contributed by atoms with Gasteiger partial charge in [-0.05, 0) is 48.9 Å². The highest BCUT2D eigenvalue weighted by Gasteiger charge is 2.24. The van der Waals surface area contributed by atoms with Crippen molar-refractivity contribution in [2.45, 2.75) is 25.9 Å². The van der Waals surface area contributed by atoms with E-state index in [1.807, 2.05) is 54.6 Å². The zero-order chi connectivity index (χ0) is 20.1. The molecule has 1 aliphatic rings. The summed E-state index contributed by atoms with van der Waals surface area (Å²) >= 11 is 0. The standard InChI is InChI=1S/C23H20N2O4/c1-16(26)13-18-9-12-21(15-24-18)28-23-14-22(29-25-23)17-7-10-20(11-8-17)27-19-5-3-2-4-6-19/h2-12,15,22H,13-14H2,1H3/t22-/m0/s1. The van der Waals surface area contributed by atoms with E-state index < -0.39 is 0 Å². The lowest BCUT2D eigenvalue weighted by Gasteiger charge is -2.10. The summed E-state index contributed by atoms with van der Waals surface area (Å²) < 4.78 is 11.6. The van der Waals surface area contributed by atoms with Crippen LogP contribution in [0.25, 0.3) is 0 Å². The molecule has 3 aromatic rings. The Hall–Kier alpha value is -3.67. The van der Waals surface area contributed by atoms with Crippen LogP contribution < -0.4 is 9.47 Å². The summed E-state index contributed by atoms with van der Waals surface area (Å²) in [5.41, 5.74) is 1.70. The third-order valence-electron chi connectivity index (χ3n) is 4.34. The van der Waals surface area contributed by atoms with Gasteiger partial charge in [0.1, 0.15) is 23.0 Å². The number of aromatic nitrogens is 1. The minimum absolute atomic E-state index is 0.0720. The van der Waals surface area contributed by atoms with Gasteiger partial charge in [-0.25, -0.2) is 0 Å². The van der Waals surface area contributed by atoms with Gasteiger partial charge in [-0.3, -0.25) is 9.78 Å². The lowest BCUT2D eigenvalue weighted by atomic mass is 10.1. The summed E-state index contributed by atoms with van der Waals surface area (Å²) in [6, 6.07) is 20.9. The van der Waals surface area contributed by atoms with Gasteiger partial charge in [-0.15, -0.1) is 0 Å². The SMILES string of the molecule is CC(=O)Cc1ccc(OC2=NO[C@H](c3ccc(Oc4ccccc4)cc3)C2)cn1. The zero-order valence-corrected chi connectivity index (χ0v) is 15.9. The van der Waals surface area contributed by atoms with Crippen LogP contribution in [0.5, 0.6) is 17.2 Å². The summed E-state index contributed by atoms with van der Waals surface area (Å²) in [7, 11) is 0. The number of carbonyl (C=O) groups excluding carboxylic acids is 1. The third kappa shape index (κ3) is 4.99. The van der Waals surface area contributed by atoms with Crippen LogP contribution in [0.3, 0.4) is 0 Å². The fourth-order valence-electron chi connectivity index (χ4n) is 2.94. The minimum Gasteiger partial charge on any atom is -0.457 e. The predicted octanol–water partition coefficient (Wildman–Crippen LogP) is 4.86. The number of hydrogen-bond donors (Lipinski definition) is 0. The van der Waals surface area contributed by atoms with Crippen molar-refractivity contribution >= 4 is 11.7 Å². The lowest BCUT2D eigenvalue weighted by molar-refractivity contribution is -0.116. The van der Waals surface area contributed by atoms with Crippen LogP contribution >= 0.6 is 0 Å². The molecule has 0 bridgehead atoms. The molecule has 0 unspecified atom stereocenters. The van der Waals surface area contributed by atoms with Gasteiger partial charge in [0, 0.05) is 12.1 Å². The molecule has 0 N–H and O–H groups in total. The van der Waals surface area contributed by atoms with Crippen molar-refractivity contribution in [2.75, 3.05) is 0 Å². The molecule has 0 saturated carbocycles. The number of rotatable bonds is 6. The highest BCUT2D eigenvalue weighted by Crippen LogP contribution is 2.30. The summed E-state index contributed by atoms with van der Waals surface area (Å²) in [5.74, 6) is 2.67. The normalized spacial score (nSPS) is 15.3. The second-order valence-electron chi connectivity index (χ2n) is 6.73. The van der Waals surface area contributed by atoms with Crippen molar-refractivity contribution in [3.8, 4) is 17.2 Å². The Labute approximate surface area is 168 Å². The number of pyridine rings is 1. The Kier molecular flexibility index (Phi) is 5.52. The van der Waals surface area contributed by atoms with E-state index in [0.717, 1.165) is 17.1 Å². The maximum absolute atomic E-state index is 11.1. The maximum Gasteiger partial charge on any atom is 0.235 e. The van der Waals surface area contributed by atoms with E-state index in [1.165, 1.54) is 6.92 Å². The largest absolute Gasteiger partial charge is 0.457 e. The summed E-state index contributed by atoms with van der Waals surface area (Å²) in [4.78, 5) is 20.9. The molecule has 0 spiro atoms. The molecule has 6 nitrogen and oxygen atoms in total. The first-order valence-electron chi connectivity index (χ1n) is 9.33. The molecule has 1 aliphatic heterocycles. The Morgan fingerprint density at radius 1 is 0.966 bits per heavy atom. The molecular formula is C23H20N2O4. The van der Waals surface area contributed by atoms with Gasteiger partial charge in [0.15, 0.2) is 6.10 Å². The topological polar surface area (TPSA) is 70.0 Å². The van der Waals surface area contributed by atoms with E-state index in [4.69, 9.17) is 14.3 Å². The maximum atomic E-state index is 11.1. The smallest absolute Gasteiger partial charge is 0.235 e. The molecule has 2 heterocycles. The number of para-hydroxylation sites is 1. The molecule has 0 aliphatic carbocycles. The summed E-state index contributed by atoms with van der Waals surface area (Å²) in [6.45, 7) is 1.54. The van der Waals surface area contributed by atoms with Crippen LogP contribution in [-0.2, 0) is 16.1 Å². The molecule has 146 valence electrons. The highest BCUT2D eigenvalue weighted by atomic mass is 16.7. The molecule has 2 aromatic carbocycles. The van der Waals surface area contributed by atoms with Gasteiger partial charge in [-0.2, -0.15) is 0 Å². The second kappa shape index (κ2) is 8.56. The molecule has 1 atom stereocenters. The van der Waals surface area contributed by atoms with Crippen LogP contribution in [-0.4, -0.2) is 16.7 Å². The van der Waals surface area contributed by atoms with Crippen LogP contribution in [0.4, 0.5) is 0 Å². The van der Waals surface area contributed by atoms with E-state index in [-0.39, 0.29) is 11.9 Å². The van der Waals surface area contributed by atoms with Crippen molar-refractivity contribution in [3.63, 3.8) is 0 Å². The first-order valence-corrected chi connectivity index (χ1v) is 9.33. The molecule has 0 radical (unpaired) electrons. The van der Waals surface area contributed by atoms with Crippen molar-refractivity contribution < 1.29 is 19.1 Å². The van der Waals surface area contributed by atoms with Gasteiger partial charge in [0.2, 0.25) is 5.90 Å². The van der Waals surface area contributed by atoms with E-state index in [9.17, 15) is 4.79 Å². The summed E-state index contributed by atoms with van der Waals surface area (Å²) in [6.07, 6.45) is 2.22. The molecule has 29 heavy (non-hydrogen) atoms. The fraction of sp³-hybridized carbons (Fsp3) is 0.174. The molecule has 0 fully saturated rings.